The normalized spacial score (nSPS) is 8.33. The summed E-state index contributed by atoms with van der Waals surface area (Å²) >= 11 is 11.3. The minimum atomic E-state index is -0.361. The highest BCUT2D eigenvalue weighted by Crippen LogP contribution is 2.14. The Kier molecular flexibility index (Phi) is 6.71. The average Bonchev–Trinajstić information content (AvgIpc) is 1.94. The molecule has 0 atom stereocenters. The summed E-state index contributed by atoms with van der Waals surface area (Å²) in [6.07, 6.45) is 0. The van der Waals surface area contributed by atoms with Crippen LogP contribution in [0.2, 0.25) is 0 Å². The summed E-state index contributed by atoms with van der Waals surface area (Å²) in [5.74, 6) is 0. The second-order valence-electron chi connectivity index (χ2n) is 1.91. The molecule has 0 aliphatic carbocycles. The maximum atomic E-state index is 9.21. The first-order chi connectivity index (χ1) is 5.52. The smallest absolute Gasteiger partial charge is 0.218 e. The van der Waals surface area contributed by atoms with Crippen LogP contribution in [0.4, 0.5) is 0 Å². The molecule has 0 saturated heterocycles. The third-order valence-electron chi connectivity index (χ3n) is 0.804. The average molecular weight is 314 g/mol. The van der Waals surface area contributed by atoms with Crippen LogP contribution in [-0.2, 0) is 4.79 Å². The summed E-state index contributed by atoms with van der Waals surface area (Å²) in [7, 11) is 0. The van der Waals surface area contributed by atoms with Gasteiger partial charge in [0.1, 0.15) is 0 Å². The largest absolute Gasteiger partial charge is 0.282 e. The fourth-order valence-electron chi connectivity index (χ4n) is 0.430. The lowest BCUT2D eigenvalue weighted by atomic mass is 10.4. The Labute approximate surface area is 93.4 Å². The van der Waals surface area contributed by atoms with Crippen LogP contribution in [0.5, 0.6) is 0 Å². The number of benzene rings is 1. The third kappa shape index (κ3) is 8.24. The Morgan fingerprint density at radius 3 is 1.50 bits per heavy atom. The van der Waals surface area contributed by atoms with Gasteiger partial charge in [-0.1, -0.05) is 31.9 Å². The zero-order valence-electron chi connectivity index (χ0n) is 6.35. The van der Waals surface area contributed by atoms with Crippen molar-refractivity contribution in [3.63, 3.8) is 0 Å². The predicted octanol–water partition coefficient (Wildman–Crippen LogP) is 3.98. The van der Waals surface area contributed by atoms with Gasteiger partial charge in [0, 0.05) is 15.9 Å². The number of hydrogen-bond donors (Lipinski definition) is 0. The van der Waals surface area contributed by atoms with Crippen LogP contribution in [0.25, 0.3) is 0 Å². The van der Waals surface area contributed by atoms with Crippen LogP contribution >= 0.6 is 43.5 Å². The van der Waals surface area contributed by atoms with Gasteiger partial charge in [-0.05, 0) is 35.9 Å². The molecule has 0 bridgehead atoms. The molecule has 1 aromatic rings. The van der Waals surface area contributed by atoms with Crippen molar-refractivity contribution in [2.75, 3.05) is 0 Å². The van der Waals surface area contributed by atoms with Gasteiger partial charge in [-0.25, -0.2) is 0 Å². The first-order valence-corrected chi connectivity index (χ1v) is 5.06. The summed E-state index contributed by atoms with van der Waals surface area (Å²) in [6, 6.07) is 7.96. The van der Waals surface area contributed by atoms with Gasteiger partial charge in [0.15, 0.2) is 0 Å². The quantitative estimate of drug-likeness (QED) is 0.662. The Hall–Kier alpha value is 0.140. The summed E-state index contributed by atoms with van der Waals surface area (Å²) in [5.41, 5.74) is 0. The number of halogens is 3. The number of rotatable bonds is 0. The molecular formula is C8H7Br2ClO. The van der Waals surface area contributed by atoms with E-state index >= 15 is 0 Å². The maximum absolute atomic E-state index is 9.21. The molecular weight excluding hydrogens is 307 g/mol. The lowest BCUT2D eigenvalue weighted by Gasteiger charge is -1.86. The van der Waals surface area contributed by atoms with Gasteiger partial charge >= 0.3 is 0 Å². The highest BCUT2D eigenvalue weighted by atomic mass is 79.9. The van der Waals surface area contributed by atoms with Gasteiger partial charge in [0.2, 0.25) is 5.24 Å². The molecule has 0 radical (unpaired) electrons. The summed E-state index contributed by atoms with van der Waals surface area (Å²) in [5, 5.41) is -0.361. The Balaban J connectivity index is 0.000000261. The molecule has 66 valence electrons. The van der Waals surface area contributed by atoms with E-state index in [1.165, 1.54) is 6.92 Å². The molecule has 0 aliphatic rings. The zero-order valence-corrected chi connectivity index (χ0v) is 10.3. The third-order valence-corrected chi connectivity index (χ3v) is 1.86. The molecule has 0 aromatic heterocycles. The maximum Gasteiger partial charge on any atom is 0.218 e. The molecule has 0 fully saturated rings. The molecule has 12 heavy (non-hydrogen) atoms. The molecule has 4 heteroatoms. The standard InChI is InChI=1S/C6H4Br2.C2H3ClO/c7-5-1-2-6(8)4-3-5;1-2(3)4/h1-4H;1H3. The molecule has 0 saturated carbocycles. The number of hydrogen-bond acceptors (Lipinski definition) is 1. The van der Waals surface area contributed by atoms with E-state index in [-0.39, 0.29) is 5.24 Å². The van der Waals surface area contributed by atoms with E-state index in [0.29, 0.717) is 0 Å². The van der Waals surface area contributed by atoms with Crippen molar-refractivity contribution in [2.45, 2.75) is 6.92 Å². The van der Waals surface area contributed by atoms with Crippen molar-refractivity contribution in [3.05, 3.63) is 33.2 Å². The van der Waals surface area contributed by atoms with Crippen molar-refractivity contribution < 1.29 is 4.79 Å². The first kappa shape index (κ1) is 12.1. The van der Waals surface area contributed by atoms with Gasteiger partial charge in [-0.2, -0.15) is 0 Å². The fraction of sp³-hybridized carbons (Fsp3) is 0.125. The Morgan fingerprint density at radius 2 is 1.33 bits per heavy atom. The minimum absolute atomic E-state index is 0.361. The molecule has 0 amide bonds. The van der Waals surface area contributed by atoms with Crippen LogP contribution in [0.15, 0.2) is 33.2 Å². The fourth-order valence-corrected chi connectivity index (χ4v) is 0.958. The highest BCUT2D eigenvalue weighted by molar-refractivity contribution is 9.11. The number of carbonyl (C=O) groups excluding carboxylic acids is 1. The van der Waals surface area contributed by atoms with Gasteiger partial charge in [-0.3, -0.25) is 4.79 Å². The second-order valence-corrected chi connectivity index (χ2v) is 4.27. The van der Waals surface area contributed by atoms with E-state index < -0.39 is 0 Å². The summed E-state index contributed by atoms with van der Waals surface area (Å²) in [6.45, 7) is 1.29. The van der Waals surface area contributed by atoms with E-state index in [9.17, 15) is 4.79 Å². The lowest BCUT2D eigenvalue weighted by Crippen LogP contribution is -1.62. The number of carbonyl (C=O) groups is 1. The van der Waals surface area contributed by atoms with Crippen molar-refractivity contribution in [1.82, 2.24) is 0 Å². The molecule has 0 N–H and O–H groups in total. The van der Waals surface area contributed by atoms with Gasteiger partial charge in [0.05, 0.1) is 0 Å². The summed E-state index contributed by atoms with van der Waals surface area (Å²) in [4.78, 5) is 9.21. The molecule has 0 aliphatic heterocycles. The minimum Gasteiger partial charge on any atom is -0.282 e. The summed E-state index contributed by atoms with van der Waals surface area (Å²) < 4.78 is 2.22. The van der Waals surface area contributed by atoms with Crippen LogP contribution in [-0.4, -0.2) is 5.24 Å². The van der Waals surface area contributed by atoms with Gasteiger partial charge in [-0.15, -0.1) is 0 Å². The van der Waals surface area contributed by atoms with Crippen LogP contribution in [0.1, 0.15) is 6.92 Å². The monoisotopic (exact) mass is 312 g/mol. The van der Waals surface area contributed by atoms with Gasteiger partial charge < -0.3 is 0 Å². The first-order valence-electron chi connectivity index (χ1n) is 3.09. The SMILES string of the molecule is Brc1ccc(Br)cc1.CC(=O)Cl. The van der Waals surface area contributed by atoms with Crippen molar-refractivity contribution in [1.29, 1.82) is 0 Å². The predicted molar refractivity (Wildman–Crippen MR) is 58.4 cm³/mol. The Bertz CT molecular complexity index is 221. The van der Waals surface area contributed by atoms with E-state index in [1.807, 2.05) is 24.3 Å². The van der Waals surface area contributed by atoms with E-state index in [1.54, 1.807) is 0 Å². The highest BCUT2D eigenvalue weighted by Gasteiger charge is 1.83. The second kappa shape index (κ2) is 6.63. The van der Waals surface area contributed by atoms with Crippen LogP contribution in [0, 0.1) is 0 Å². The van der Waals surface area contributed by atoms with Crippen molar-refractivity contribution in [3.8, 4) is 0 Å². The van der Waals surface area contributed by atoms with Gasteiger partial charge in [0.25, 0.3) is 0 Å². The molecule has 1 rings (SSSR count). The van der Waals surface area contributed by atoms with E-state index in [2.05, 4.69) is 43.5 Å². The molecule has 0 heterocycles. The van der Waals surface area contributed by atoms with Crippen molar-refractivity contribution >= 4 is 48.7 Å². The van der Waals surface area contributed by atoms with Crippen LogP contribution in [0.3, 0.4) is 0 Å². The topological polar surface area (TPSA) is 17.1 Å². The van der Waals surface area contributed by atoms with E-state index in [0.717, 1.165) is 8.95 Å². The van der Waals surface area contributed by atoms with Crippen molar-refractivity contribution in [2.24, 2.45) is 0 Å². The zero-order chi connectivity index (χ0) is 9.56. The van der Waals surface area contributed by atoms with Crippen LogP contribution < -0.4 is 0 Å². The molecule has 0 spiro atoms. The Morgan fingerprint density at radius 1 is 1.17 bits per heavy atom. The van der Waals surface area contributed by atoms with E-state index in [4.69, 9.17) is 0 Å². The molecule has 0 unspecified atom stereocenters. The lowest BCUT2D eigenvalue weighted by molar-refractivity contribution is -0.109. The molecule has 1 aromatic carbocycles. The molecule has 1 nitrogen and oxygen atoms in total.